The van der Waals surface area contributed by atoms with Crippen LogP contribution in [0.25, 0.3) is 0 Å². The minimum atomic E-state index is -1.31. The molecular formula is C31H45NO11. The smallest absolute Gasteiger partial charge is 0.303 e. The summed E-state index contributed by atoms with van der Waals surface area (Å²) >= 11 is 0. The van der Waals surface area contributed by atoms with Crippen molar-refractivity contribution in [3.05, 3.63) is 29.8 Å². The number of rotatable bonds is 10. The Morgan fingerprint density at radius 2 is 1.33 bits per heavy atom. The summed E-state index contributed by atoms with van der Waals surface area (Å²) < 4.78 is 33.6. The number of carbonyl (C=O) groups is 4. The standard InChI is InChI=1S/C31H45NO11/c1-18(43-32-30(6,7)15-10-16-31(32,8)9)23-11-13-24(14-12-23)41-29-28(40-22(5)36)27(39-21(4)35)26(38-20(3)34)25(42-29)17-37-19(2)33/h11-14,18,25-29H,10,15-17H2,1-9H3/t18?,25-,26+,27+,28-,29-/m1/s1. The fraction of sp³-hybridized carbons (Fsp3) is 0.677. The number of carbonyl (C=O) groups excluding carboxylic acids is 4. The van der Waals surface area contributed by atoms with Crippen LogP contribution in [0.15, 0.2) is 24.3 Å². The molecule has 0 amide bonds. The van der Waals surface area contributed by atoms with Crippen LogP contribution in [-0.4, -0.2) is 77.3 Å². The zero-order valence-electron chi connectivity index (χ0n) is 26.5. The third-order valence-electron chi connectivity index (χ3n) is 7.49. The maximum Gasteiger partial charge on any atom is 0.303 e. The molecule has 1 aromatic carbocycles. The van der Waals surface area contributed by atoms with Gasteiger partial charge >= 0.3 is 23.9 Å². The van der Waals surface area contributed by atoms with Gasteiger partial charge < -0.3 is 28.4 Å². The van der Waals surface area contributed by atoms with E-state index in [-0.39, 0.29) is 23.8 Å². The highest BCUT2D eigenvalue weighted by Gasteiger charge is 2.53. The fourth-order valence-corrected chi connectivity index (χ4v) is 5.72. The van der Waals surface area contributed by atoms with Gasteiger partial charge in [0.25, 0.3) is 0 Å². The highest BCUT2D eigenvalue weighted by molar-refractivity contribution is 5.68. The molecule has 43 heavy (non-hydrogen) atoms. The van der Waals surface area contributed by atoms with Gasteiger partial charge in [-0.15, -0.1) is 0 Å². The third kappa shape index (κ3) is 9.14. The molecule has 1 aromatic rings. The molecule has 12 nitrogen and oxygen atoms in total. The number of hydroxylamine groups is 2. The maximum atomic E-state index is 12.1. The van der Waals surface area contributed by atoms with E-state index >= 15 is 0 Å². The van der Waals surface area contributed by atoms with E-state index in [2.05, 4.69) is 32.8 Å². The van der Waals surface area contributed by atoms with E-state index in [0.717, 1.165) is 38.7 Å². The summed E-state index contributed by atoms with van der Waals surface area (Å²) in [5, 5.41) is 2.11. The van der Waals surface area contributed by atoms with Crippen LogP contribution in [0.4, 0.5) is 0 Å². The number of piperidine rings is 1. The molecule has 2 heterocycles. The van der Waals surface area contributed by atoms with Crippen LogP contribution in [0.5, 0.6) is 5.75 Å². The van der Waals surface area contributed by atoms with Crippen molar-refractivity contribution in [1.29, 1.82) is 0 Å². The predicted octanol–water partition coefficient (Wildman–Crippen LogP) is 4.18. The number of ether oxygens (including phenoxy) is 6. The summed E-state index contributed by atoms with van der Waals surface area (Å²) in [5.41, 5.74) is 0.675. The molecule has 2 aliphatic rings. The summed E-state index contributed by atoms with van der Waals surface area (Å²) in [6.45, 7) is 15.1. The van der Waals surface area contributed by atoms with Gasteiger partial charge in [0.1, 0.15) is 24.6 Å². The molecule has 6 atom stereocenters. The zero-order valence-corrected chi connectivity index (χ0v) is 26.5. The van der Waals surface area contributed by atoms with Crippen LogP contribution in [0.1, 0.15) is 93.2 Å². The Morgan fingerprint density at radius 3 is 1.84 bits per heavy atom. The molecule has 0 aromatic heterocycles. The summed E-state index contributed by atoms with van der Waals surface area (Å²) in [6.07, 6.45) is -3.34. The Kier molecular flexibility index (Phi) is 11.2. The highest BCUT2D eigenvalue weighted by Crippen LogP contribution is 2.40. The molecule has 12 heteroatoms. The quantitative estimate of drug-likeness (QED) is 0.279. The van der Waals surface area contributed by atoms with Gasteiger partial charge in [0.05, 0.1) is 0 Å². The first-order valence-corrected chi connectivity index (χ1v) is 14.5. The molecule has 2 fully saturated rings. The molecule has 0 spiro atoms. The van der Waals surface area contributed by atoms with Crippen molar-refractivity contribution >= 4 is 23.9 Å². The first-order chi connectivity index (χ1) is 20.0. The molecule has 0 saturated carbocycles. The van der Waals surface area contributed by atoms with Gasteiger partial charge in [-0.05, 0) is 71.6 Å². The summed E-state index contributed by atoms with van der Waals surface area (Å²) in [4.78, 5) is 54.1. The lowest BCUT2D eigenvalue weighted by Crippen LogP contribution is -2.63. The molecule has 0 radical (unpaired) electrons. The lowest BCUT2D eigenvalue weighted by molar-refractivity contribution is -0.304. The number of benzene rings is 1. The molecule has 3 rings (SSSR count). The Bertz CT molecular complexity index is 1130. The summed E-state index contributed by atoms with van der Waals surface area (Å²) in [7, 11) is 0. The van der Waals surface area contributed by atoms with E-state index in [4.69, 9.17) is 33.3 Å². The number of hydrogen-bond donors (Lipinski definition) is 0. The van der Waals surface area contributed by atoms with Gasteiger partial charge in [-0.1, -0.05) is 12.1 Å². The van der Waals surface area contributed by atoms with Crippen molar-refractivity contribution in [1.82, 2.24) is 5.06 Å². The second-order valence-electron chi connectivity index (χ2n) is 12.3. The average Bonchev–Trinajstić information content (AvgIpc) is 2.88. The predicted molar refractivity (Wildman–Crippen MR) is 152 cm³/mol. The zero-order chi connectivity index (χ0) is 32.1. The van der Waals surface area contributed by atoms with E-state index in [1.807, 2.05) is 19.1 Å². The van der Waals surface area contributed by atoms with E-state index < -0.39 is 54.6 Å². The highest BCUT2D eigenvalue weighted by atomic mass is 16.7. The number of nitrogens with zero attached hydrogens (tertiary/aromatic N) is 1. The van der Waals surface area contributed by atoms with Crippen LogP contribution in [0, 0.1) is 0 Å². The lowest BCUT2D eigenvalue weighted by Gasteiger charge is -2.52. The monoisotopic (exact) mass is 607 g/mol. The van der Waals surface area contributed by atoms with Crippen LogP contribution in [0.3, 0.4) is 0 Å². The third-order valence-corrected chi connectivity index (χ3v) is 7.49. The van der Waals surface area contributed by atoms with Crippen molar-refractivity contribution in [2.75, 3.05) is 6.61 Å². The van der Waals surface area contributed by atoms with Crippen LogP contribution in [-0.2, 0) is 47.7 Å². The van der Waals surface area contributed by atoms with Crippen molar-refractivity contribution < 1.29 is 52.4 Å². The van der Waals surface area contributed by atoms with E-state index in [1.54, 1.807) is 12.1 Å². The minimum absolute atomic E-state index is 0.117. The fourth-order valence-electron chi connectivity index (χ4n) is 5.72. The van der Waals surface area contributed by atoms with Gasteiger partial charge in [-0.2, -0.15) is 5.06 Å². The first kappa shape index (κ1) is 34.3. The van der Waals surface area contributed by atoms with Gasteiger partial charge in [-0.3, -0.25) is 24.0 Å². The molecule has 2 aliphatic heterocycles. The van der Waals surface area contributed by atoms with Gasteiger partial charge in [0.15, 0.2) is 12.2 Å². The first-order valence-electron chi connectivity index (χ1n) is 14.5. The van der Waals surface area contributed by atoms with E-state index in [1.165, 1.54) is 13.8 Å². The Balaban J connectivity index is 1.85. The van der Waals surface area contributed by atoms with Crippen molar-refractivity contribution in [3.63, 3.8) is 0 Å². The topological polar surface area (TPSA) is 136 Å². The molecule has 2 saturated heterocycles. The van der Waals surface area contributed by atoms with E-state index in [9.17, 15) is 19.2 Å². The Labute approximate surface area is 253 Å². The average molecular weight is 608 g/mol. The second kappa shape index (κ2) is 14.0. The number of hydrogen-bond acceptors (Lipinski definition) is 12. The van der Waals surface area contributed by atoms with Crippen LogP contribution in [0.2, 0.25) is 0 Å². The second-order valence-corrected chi connectivity index (χ2v) is 12.3. The minimum Gasteiger partial charge on any atom is -0.463 e. The molecule has 0 aliphatic carbocycles. The Hall–Kier alpha value is -3.22. The molecule has 0 N–H and O–H groups in total. The summed E-state index contributed by atoms with van der Waals surface area (Å²) in [6, 6.07) is 7.15. The van der Waals surface area contributed by atoms with Crippen LogP contribution < -0.4 is 4.74 Å². The van der Waals surface area contributed by atoms with Crippen molar-refractivity contribution in [3.8, 4) is 5.75 Å². The normalized spacial score (nSPS) is 27.3. The molecule has 0 bridgehead atoms. The maximum absolute atomic E-state index is 12.1. The Morgan fingerprint density at radius 1 is 0.814 bits per heavy atom. The van der Waals surface area contributed by atoms with Gasteiger partial charge in [0.2, 0.25) is 12.4 Å². The van der Waals surface area contributed by atoms with E-state index in [0.29, 0.717) is 5.75 Å². The lowest BCUT2D eigenvalue weighted by atomic mass is 9.82. The SMILES string of the molecule is CC(=O)OC[C@H]1O[C@@H](Oc2ccc(C(C)ON3C(C)(C)CCCC3(C)C)cc2)[C@H](OC(C)=O)[C@@H](OC(C)=O)[C@H]1OC(C)=O. The van der Waals surface area contributed by atoms with Crippen LogP contribution >= 0.6 is 0 Å². The van der Waals surface area contributed by atoms with Gasteiger partial charge in [-0.25, -0.2) is 0 Å². The molecule has 240 valence electrons. The van der Waals surface area contributed by atoms with Crippen molar-refractivity contribution in [2.24, 2.45) is 0 Å². The van der Waals surface area contributed by atoms with Gasteiger partial charge in [0, 0.05) is 38.8 Å². The van der Waals surface area contributed by atoms with Crippen molar-refractivity contribution in [2.45, 2.75) is 129 Å². The molecule has 1 unspecified atom stereocenters. The molecular weight excluding hydrogens is 562 g/mol. The summed E-state index contributed by atoms with van der Waals surface area (Å²) in [5.74, 6) is -2.37. The largest absolute Gasteiger partial charge is 0.463 e. The number of esters is 4.